The van der Waals surface area contributed by atoms with Gasteiger partial charge in [-0.2, -0.15) is 0 Å². The highest BCUT2D eigenvalue weighted by Crippen LogP contribution is 2.54. The fourth-order valence-corrected chi connectivity index (χ4v) is 10.5. The Morgan fingerprint density at radius 1 is 0.887 bits per heavy atom. The highest BCUT2D eigenvalue weighted by Gasteiger charge is 2.63. The Hall–Kier alpha value is -1.44. The van der Waals surface area contributed by atoms with Gasteiger partial charge >= 0.3 is 5.97 Å². The summed E-state index contributed by atoms with van der Waals surface area (Å²) < 4.78 is 33.5. The van der Waals surface area contributed by atoms with E-state index in [1.54, 1.807) is 19.1 Å². The van der Waals surface area contributed by atoms with Crippen molar-refractivity contribution < 1.29 is 53.7 Å². The van der Waals surface area contributed by atoms with E-state index < -0.39 is 76.8 Å². The minimum Gasteiger partial charge on any atom is -0.481 e. The molecule has 0 bridgehead atoms. The highest BCUT2D eigenvalue weighted by molar-refractivity contribution is 5.84. The van der Waals surface area contributed by atoms with Crippen LogP contribution in [0.15, 0.2) is 12.2 Å². The van der Waals surface area contributed by atoms with E-state index in [9.17, 15) is 30.0 Å². The van der Waals surface area contributed by atoms with E-state index >= 15 is 0 Å². The summed E-state index contributed by atoms with van der Waals surface area (Å²) in [6, 6.07) is 0. The number of Topliss-reactive ketones (excluding diaryl/α,β-unsaturated/α-hetero) is 1. The molecule has 0 aliphatic carbocycles. The minimum atomic E-state index is -1.37. The molecule has 4 saturated heterocycles. The second kappa shape index (κ2) is 16.2. The lowest BCUT2D eigenvalue weighted by molar-refractivity contribution is -0.409. The fraction of sp³-hybridized carbons (Fsp3) is 0.905. The van der Waals surface area contributed by atoms with Crippen LogP contribution in [-0.2, 0) is 33.3 Å². The molecule has 11 heteroatoms. The quantitative estimate of drug-likeness (QED) is 0.169. The van der Waals surface area contributed by atoms with Gasteiger partial charge in [0.15, 0.2) is 5.79 Å². The van der Waals surface area contributed by atoms with Crippen LogP contribution < -0.4 is 0 Å². The first-order chi connectivity index (χ1) is 24.8. The van der Waals surface area contributed by atoms with Crippen molar-refractivity contribution in [3.05, 3.63) is 12.2 Å². The number of carboxylic acids is 1. The van der Waals surface area contributed by atoms with Crippen LogP contribution in [0.5, 0.6) is 0 Å². The lowest BCUT2D eigenvalue weighted by Gasteiger charge is -2.54. The Morgan fingerprint density at radius 2 is 1.57 bits per heavy atom. The van der Waals surface area contributed by atoms with Gasteiger partial charge in [0.1, 0.15) is 11.9 Å². The second-order valence-electron chi connectivity index (χ2n) is 17.9. The van der Waals surface area contributed by atoms with Crippen molar-refractivity contribution in [2.45, 2.75) is 199 Å². The van der Waals surface area contributed by atoms with Crippen molar-refractivity contribution in [1.82, 2.24) is 0 Å². The molecule has 4 N–H and O–H groups in total. The van der Waals surface area contributed by atoms with E-state index in [4.69, 9.17) is 23.7 Å². The smallest absolute Gasteiger partial charge is 0.309 e. The van der Waals surface area contributed by atoms with Crippen molar-refractivity contribution in [2.24, 2.45) is 41.4 Å². The Balaban J connectivity index is 1.31. The third kappa shape index (κ3) is 7.94. The van der Waals surface area contributed by atoms with Crippen molar-refractivity contribution in [1.29, 1.82) is 0 Å². The predicted octanol–water partition coefficient (Wildman–Crippen LogP) is 6.19. The summed E-state index contributed by atoms with van der Waals surface area (Å²) in [7, 11) is 0. The number of ketones is 1. The zero-order chi connectivity index (χ0) is 39.3. The lowest BCUT2D eigenvalue weighted by atomic mass is 9.72. The molecule has 0 aromatic carbocycles. The molecular formula is C42H70O11. The lowest BCUT2D eigenvalue weighted by Crippen LogP contribution is -2.63. The summed E-state index contributed by atoms with van der Waals surface area (Å²) in [6.45, 7) is 19.6. The molecule has 4 fully saturated rings. The van der Waals surface area contributed by atoms with Crippen LogP contribution in [0.2, 0.25) is 0 Å². The number of carboxylic acid groups (broad SMARTS) is 1. The molecule has 11 nitrogen and oxygen atoms in total. The number of aliphatic hydroxyl groups excluding tert-OH is 2. The summed E-state index contributed by atoms with van der Waals surface area (Å²) in [4.78, 5) is 26.4. The van der Waals surface area contributed by atoms with Crippen LogP contribution in [0.4, 0.5) is 0 Å². The summed E-state index contributed by atoms with van der Waals surface area (Å²) in [5.74, 6) is -5.78. The summed E-state index contributed by atoms with van der Waals surface area (Å²) in [5.41, 5.74) is -1.63. The molecule has 14 unspecified atom stereocenters. The Labute approximate surface area is 317 Å². The molecule has 304 valence electrons. The number of rotatable bonds is 12. The topological polar surface area (TPSA) is 161 Å². The number of aliphatic carboxylic acids is 1. The third-order valence-corrected chi connectivity index (χ3v) is 14.4. The number of hydrogen-bond donors (Lipinski definition) is 4. The third-order valence-electron chi connectivity index (χ3n) is 14.4. The van der Waals surface area contributed by atoms with E-state index in [0.717, 1.165) is 6.42 Å². The molecule has 0 saturated carbocycles. The van der Waals surface area contributed by atoms with Gasteiger partial charge in [-0.05, 0) is 95.6 Å². The van der Waals surface area contributed by atoms with Crippen molar-refractivity contribution in [2.75, 3.05) is 0 Å². The molecule has 53 heavy (non-hydrogen) atoms. The predicted molar refractivity (Wildman–Crippen MR) is 199 cm³/mol. The van der Waals surface area contributed by atoms with Gasteiger partial charge < -0.3 is 44.1 Å². The standard InChI is InChI=1S/C42H70O11/c1-11-29(38(46)47)31-15-14-23(4)36(50-31)27(8)34(44)26(7)35(45)30(12-2)37-24(5)22-25(6)41(51-37)19-16-32(43)42(53-41)21-20-39(10,52-42)33-17-18-40(48,13-3)28(9)49-33/h16,19,23-34,36-37,43-44,48H,11-15,17-18,20-22H2,1-10H3,(H,46,47)/t23?,24?,25?,26?,27?,28?,29?,30?,31?,32?,33?,34?,36?,37?,39-,40+,41-,42-/m0/s1. The number of carbonyl (C=O) groups is 2. The molecular weight excluding hydrogens is 680 g/mol. The average Bonchev–Trinajstić information content (AvgIpc) is 3.47. The maximum absolute atomic E-state index is 14.4. The number of ether oxygens (including phenoxy) is 5. The maximum atomic E-state index is 14.4. The molecule has 5 heterocycles. The van der Waals surface area contributed by atoms with Gasteiger partial charge in [-0.3, -0.25) is 9.59 Å². The van der Waals surface area contributed by atoms with Gasteiger partial charge in [-0.25, -0.2) is 0 Å². The van der Waals surface area contributed by atoms with Crippen LogP contribution in [-0.4, -0.2) is 97.7 Å². The SMILES string of the molecule is CCC(C(=O)O)C1CCC(C)C(C(C)C(O)C(C)C(=O)C(CC)C2O[C@]3(C=CC(O)[C@]4(CC[C@@](C)(C5CC[C@](O)(CC)C(C)O5)O4)O3)C(C)CC2C)O1. The maximum Gasteiger partial charge on any atom is 0.309 e. The van der Waals surface area contributed by atoms with E-state index in [-0.39, 0.29) is 41.8 Å². The highest BCUT2D eigenvalue weighted by atomic mass is 16.8. The molecule has 5 aliphatic rings. The van der Waals surface area contributed by atoms with Crippen LogP contribution in [0.25, 0.3) is 0 Å². The molecule has 5 rings (SSSR count). The van der Waals surface area contributed by atoms with Crippen LogP contribution in [0, 0.1) is 41.4 Å². The molecule has 0 radical (unpaired) electrons. The van der Waals surface area contributed by atoms with Crippen LogP contribution >= 0.6 is 0 Å². The summed E-state index contributed by atoms with van der Waals surface area (Å²) in [6.07, 6.45) is 5.51. The van der Waals surface area contributed by atoms with Gasteiger partial charge in [-0.1, -0.05) is 55.4 Å². The molecule has 0 amide bonds. The first-order valence-electron chi connectivity index (χ1n) is 20.7. The zero-order valence-corrected chi connectivity index (χ0v) is 34.0. The molecule has 2 spiro atoms. The Kier molecular flexibility index (Phi) is 13.0. The van der Waals surface area contributed by atoms with Gasteiger partial charge in [0.25, 0.3) is 0 Å². The van der Waals surface area contributed by atoms with Crippen molar-refractivity contribution in [3.63, 3.8) is 0 Å². The molecule has 0 aromatic rings. The van der Waals surface area contributed by atoms with E-state index in [2.05, 4.69) is 20.8 Å². The zero-order valence-electron chi connectivity index (χ0n) is 34.0. The van der Waals surface area contributed by atoms with Crippen LogP contribution in [0.1, 0.15) is 133 Å². The monoisotopic (exact) mass is 750 g/mol. The number of hydrogen-bond acceptors (Lipinski definition) is 10. The first-order valence-corrected chi connectivity index (χ1v) is 20.7. The van der Waals surface area contributed by atoms with Gasteiger partial charge in [0.05, 0.1) is 53.7 Å². The second-order valence-corrected chi connectivity index (χ2v) is 17.9. The molecule has 18 atom stereocenters. The Bertz CT molecular complexity index is 1320. The van der Waals surface area contributed by atoms with E-state index in [1.807, 2.05) is 41.5 Å². The number of carbonyl (C=O) groups excluding carboxylic acids is 1. The molecule has 5 aliphatic heterocycles. The fourth-order valence-electron chi connectivity index (χ4n) is 10.5. The van der Waals surface area contributed by atoms with Crippen molar-refractivity contribution in [3.8, 4) is 0 Å². The summed E-state index contributed by atoms with van der Waals surface area (Å²) in [5, 5.41) is 44.0. The van der Waals surface area contributed by atoms with E-state index in [1.165, 1.54) is 0 Å². The van der Waals surface area contributed by atoms with Crippen LogP contribution in [0.3, 0.4) is 0 Å². The van der Waals surface area contributed by atoms with Crippen molar-refractivity contribution >= 4 is 11.8 Å². The summed E-state index contributed by atoms with van der Waals surface area (Å²) >= 11 is 0. The van der Waals surface area contributed by atoms with Gasteiger partial charge in [0, 0.05) is 30.1 Å². The first kappa shape index (κ1) is 42.7. The normalized spacial score (nSPS) is 46.2. The Morgan fingerprint density at radius 3 is 2.17 bits per heavy atom. The van der Waals surface area contributed by atoms with Gasteiger partial charge in [-0.15, -0.1) is 0 Å². The molecule has 0 aromatic heterocycles. The largest absolute Gasteiger partial charge is 0.481 e. The minimum absolute atomic E-state index is 0.0137. The van der Waals surface area contributed by atoms with Gasteiger partial charge in [0.2, 0.25) is 5.79 Å². The average molecular weight is 751 g/mol. The van der Waals surface area contributed by atoms with E-state index in [0.29, 0.717) is 57.8 Å². The number of aliphatic hydroxyl groups is 3.